The molecule has 0 amide bonds. The molecule has 0 aliphatic rings. The molecule has 1 aromatic heterocycles. The van der Waals surface area contributed by atoms with Crippen molar-refractivity contribution in [3.8, 4) is 17.1 Å². The molecule has 21 heavy (non-hydrogen) atoms. The van der Waals surface area contributed by atoms with Crippen molar-refractivity contribution in [2.45, 2.75) is 13.5 Å². The number of rotatable bonds is 3. The maximum absolute atomic E-state index is 9.64. The Morgan fingerprint density at radius 3 is 2.71 bits per heavy atom. The van der Waals surface area contributed by atoms with E-state index in [1.165, 1.54) is 0 Å². The van der Waals surface area contributed by atoms with Gasteiger partial charge in [-0.15, -0.1) is 0 Å². The van der Waals surface area contributed by atoms with E-state index in [9.17, 15) is 5.11 Å². The fraction of sp³-hybridized carbons (Fsp3) is 0.118. The number of phenols is 1. The van der Waals surface area contributed by atoms with Crippen LogP contribution in [0.2, 0.25) is 5.02 Å². The normalized spacial score (nSPS) is 10.8. The Balaban J connectivity index is 2.00. The molecule has 0 bridgehead atoms. The molecular weight excluding hydrogens is 284 g/mol. The highest BCUT2D eigenvalue weighted by Gasteiger charge is 2.09. The summed E-state index contributed by atoms with van der Waals surface area (Å²) in [7, 11) is 0. The quantitative estimate of drug-likeness (QED) is 0.784. The monoisotopic (exact) mass is 298 g/mol. The van der Waals surface area contributed by atoms with Crippen molar-refractivity contribution in [3.05, 3.63) is 71.0 Å². The lowest BCUT2D eigenvalue weighted by molar-refractivity contribution is 0.475. The van der Waals surface area contributed by atoms with Crippen molar-refractivity contribution in [1.82, 2.24) is 9.55 Å². The molecule has 0 aliphatic carbocycles. The highest BCUT2D eigenvalue weighted by Crippen LogP contribution is 2.24. The SMILES string of the molecule is Cc1cn(Cc2cccc(Cl)c2)c(-c2cccc(O)c2)n1. The Morgan fingerprint density at radius 1 is 1.14 bits per heavy atom. The summed E-state index contributed by atoms with van der Waals surface area (Å²) in [6.45, 7) is 2.65. The van der Waals surface area contributed by atoms with Crippen LogP contribution >= 0.6 is 11.6 Å². The van der Waals surface area contributed by atoms with E-state index in [0.29, 0.717) is 6.54 Å². The van der Waals surface area contributed by atoms with E-state index in [0.717, 1.165) is 27.7 Å². The molecule has 1 N–H and O–H groups in total. The summed E-state index contributed by atoms with van der Waals surface area (Å²) < 4.78 is 2.07. The van der Waals surface area contributed by atoms with E-state index >= 15 is 0 Å². The van der Waals surface area contributed by atoms with Crippen molar-refractivity contribution < 1.29 is 5.11 Å². The van der Waals surface area contributed by atoms with Gasteiger partial charge in [0.05, 0.1) is 5.69 Å². The van der Waals surface area contributed by atoms with Crippen LogP contribution in [0.25, 0.3) is 11.4 Å². The second-order valence-corrected chi connectivity index (χ2v) is 5.45. The van der Waals surface area contributed by atoms with E-state index in [4.69, 9.17) is 11.6 Å². The van der Waals surface area contributed by atoms with Crippen LogP contribution in [0.3, 0.4) is 0 Å². The number of imidazole rings is 1. The van der Waals surface area contributed by atoms with E-state index in [1.807, 2.05) is 49.5 Å². The molecule has 0 saturated carbocycles. The Bertz CT molecular complexity index is 780. The summed E-state index contributed by atoms with van der Waals surface area (Å²) in [5.74, 6) is 1.07. The predicted molar refractivity (Wildman–Crippen MR) is 84.6 cm³/mol. The molecule has 4 heteroatoms. The molecular formula is C17H15ClN2O. The van der Waals surface area contributed by atoms with E-state index < -0.39 is 0 Å². The number of nitrogens with zero attached hydrogens (tertiary/aromatic N) is 2. The topological polar surface area (TPSA) is 38.0 Å². The summed E-state index contributed by atoms with van der Waals surface area (Å²) in [6, 6.07) is 14.9. The van der Waals surface area contributed by atoms with Crippen molar-refractivity contribution >= 4 is 11.6 Å². The molecule has 3 rings (SSSR count). The summed E-state index contributed by atoms with van der Waals surface area (Å²) >= 11 is 6.04. The van der Waals surface area contributed by atoms with Crippen LogP contribution in [-0.4, -0.2) is 14.7 Å². The molecule has 3 aromatic rings. The van der Waals surface area contributed by atoms with Crippen molar-refractivity contribution in [1.29, 1.82) is 0 Å². The summed E-state index contributed by atoms with van der Waals surface area (Å²) in [5, 5.41) is 10.4. The molecule has 0 radical (unpaired) electrons. The minimum Gasteiger partial charge on any atom is -0.508 e. The first-order chi connectivity index (χ1) is 10.1. The second-order valence-electron chi connectivity index (χ2n) is 5.01. The molecule has 0 spiro atoms. The first-order valence-electron chi connectivity index (χ1n) is 6.69. The number of aryl methyl sites for hydroxylation is 1. The first kappa shape index (κ1) is 13.7. The number of phenolic OH excluding ortho intramolecular Hbond substituents is 1. The molecule has 0 aliphatic heterocycles. The Hall–Kier alpha value is -2.26. The fourth-order valence-corrected chi connectivity index (χ4v) is 2.59. The third kappa shape index (κ3) is 3.09. The molecule has 2 aromatic carbocycles. The van der Waals surface area contributed by atoms with E-state index in [-0.39, 0.29) is 5.75 Å². The third-order valence-corrected chi connectivity index (χ3v) is 3.48. The number of benzene rings is 2. The van der Waals surface area contributed by atoms with Gasteiger partial charge in [0, 0.05) is 23.3 Å². The second kappa shape index (κ2) is 5.62. The Morgan fingerprint density at radius 2 is 1.95 bits per heavy atom. The van der Waals surface area contributed by atoms with Gasteiger partial charge >= 0.3 is 0 Å². The van der Waals surface area contributed by atoms with Crippen LogP contribution in [0, 0.1) is 6.92 Å². The minimum absolute atomic E-state index is 0.238. The van der Waals surface area contributed by atoms with Gasteiger partial charge in [-0.05, 0) is 36.8 Å². The maximum Gasteiger partial charge on any atom is 0.140 e. The Labute approximate surface area is 128 Å². The van der Waals surface area contributed by atoms with E-state index in [2.05, 4.69) is 9.55 Å². The van der Waals surface area contributed by atoms with Crippen LogP contribution in [0.15, 0.2) is 54.7 Å². The van der Waals surface area contributed by atoms with Gasteiger partial charge in [-0.2, -0.15) is 0 Å². The molecule has 0 unspecified atom stereocenters. The van der Waals surface area contributed by atoms with Gasteiger partial charge < -0.3 is 9.67 Å². The Kier molecular flexibility index (Phi) is 3.67. The summed E-state index contributed by atoms with van der Waals surface area (Å²) in [5.41, 5.74) is 2.95. The zero-order valence-corrected chi connectivity index (χ0v) is 12.4. The zero-order chi connectivity index (χ0) is 14.8. The highest BCUT2D eigenvalue weighted by molar-refractivity contribution is 6.30. The van der Waals surface area contributed by atoms with Crippen LogP contribution in [0.1, 0.15) is 11.3 Å². The standard InChI is InChI=1S/C17H15ClN2O/c1-12-10-20(11-13-4-2-6-15(18)8-13)17(19-12)14-5-3-7-16(21)9-14/h2-10,21H,11H2,1H3. The third-order valence-electron chi connectivity index (χ3n) is 3.24. The largest absolute Gasteiger partial charge is 0.508 e. The summed E-state index contributed by atoms with van der Waals surface area (Å²) in [6.07, 6.45) is 2.00. The average molecular weight is 299 g/mol. The minimum atomic E-state index is 0.238. The highest BCUT2D eigenvalue weighted by atomic mass is 35.5. The van der Waals surface area contributed by atoms with Crippen LogP contribution in [0.4, 0.5) is 0 Å². The number of halogens is 1. The van der Waals surface area contributed by atoms with E-state index in [1.54, 1.807) is 12.1 Å². The van der Waals surface area contributed by atoms with Crippen LogP contribution < -0.4 is 0 Å². The summed E-state index contributed by atoms with van der Waals surface area (Å²) in [4.78, 5) is 4.56. The van der Waals surface area contributed by atoms with Gasteiger partial charge in [0.1, 0.15) is 11.6 Å². The molecule has 3 nitrogen and oxygen atoms in total. The number of hydrogen-bond donors (Lipinski definition) is 1. The molecule has 106 valence electrons. The van der Waals surface area contributed by atoms with Gasteiger partial charge in [-0.3, -0.25) is 0 Å². The van der Waals surface area contributed by atoms with Crippen molar-refractivity contribution in [3.63, 3.8) is 0 Å². The lowest BCUT2D eigenvalue weighted by Crippen LogP contribution is -2.01. The fourth-order valence-electron chi connectivity index (χ4n) is 2.37. The molecule has 0 saturated heterocycles. The lowest BCUT2D eigenvalue weighted by atomic mass is 10.2. The van der Waals surface area contributed by atoms with Gasteiger partial charge in [0.15, 0.2) is 0 Å². The number of hydrogen-bond acceptors (Lipinski definition) is 2. The molecule has 0 atom stereocenters. The van der Waals surface area contributed by atoms with Gasteiger partial charge in [-0.1, -0.05) is 35.9 Å². The number of aromatic nitrogens is 2. The number of aromatic hydroxyl groups is 1. The van der Waals surface area contributed by atoms with Crippen molar-refractivity contribution in [2.24, 2.45) is 0 Å². The van der Waals surface area contributed by atoms with Gasteiger partial charge in [0.25, 0.3) is 0 Å². The predicted octanol–water partition coefficient (Wildman–Crippen LogP) is 4.27. The van der Waals surface area contributed by atoms with Crippen LogP contribution in [0.5, 0.6) is 5.75 Å². The maximum atomic E-state index is 9.64. The smallest absolute Gasteiger partial charge is 0.140 e. The zero-order valence-electron chi connectivity index (χ0n) is 11.6. The van der Waals surface area contributed by atoms with Gasteiger partial charge in [0.2, 0.25) is 0 Å². The van der Waals surface area contributed by atoms with Crippen molar-refractivity contribution in [2.75, 3.05) is 0 Å². The average Bonchev–Trinajstić information content (AvgIpc) is 2.79. The first-order valence-corrected chi connectivity index (χ1v) is 7.07. The van der Waals surface area contributed by atoms with Gasteiger partial charge in [-0.25, -0.2) is 4.98 Å². The molecule has 1 heterocycles. The lowest BCUT2D eigenvalue weighted by Gasteiger charge is -2.08. The van der Waals surface area contributed by atoms with Crippen LogP contribution in [-0.2, 0) is 6.54 Å². The molecule has 0 fully saturated rings.